The van der Waals surface area contributed by atoms with E-state index >= 15 is 0 Å². The zero-order chi connectivity index (χ0) is 26.2. The summed E-state index contributed by atoms with van der Waals surface area (Å²) in [6, 6.07) is 10.2. The van der Waals surface area contributed by atoms with Crippen LogP contribution in [0.15, 0.2) is 59.9 Å². The van der Waals surface area contributed by atoms with Crippen molar-refractivity contribution in [2.75, 3.05) is 25.0 Å². The number of amides is 1. The number of nitrogens with zero attached hydrogens (tertiary/aromatic N) is 5. The maximum absolute atomic E-state index is 13.7. The summed E-state index contributed by atoms with van der Waals surface area (Å²) in [7, 11) is 1.42. The number of benzene rings is 1. The van der Waals surface area contributed by atoms with Crippen molar-refractivity contribution in [3.8, 4) is 11.1 Å². The first kappa shape index (κ1) is 25.2. The average molecular weight is 535 g/mol. The Balaban J connectivity index is 1.58. The van der Waals surface area contributed by atoms with Gasteiger partial charge in [-0.1, -0.05) is 17.7 Å². The van der Waals surface area contributed by atoms with E-state index in [4.69, 9.17) is 19.4 Å². The molecule has 0 bridgehead atoms. The number of halogens is 1. The fraction of sp³-hybridized carbons (Fsp3) is 0.280. The molecule has 1 aliphatic rings. The van der Waals surface area contributed by atoms with Gasteiger partial charge in [-0.15, -0.1) is 0 Å². The average Bonchev–Trinajstić information content (AvgIpc) is 3.28. The number of likely N-dealkylation sites (tertiary alicyclic amines) is 1. The molecule has 1 amide bonds. The second-order valence-electron chi connectivity index (χ2n) is 9.08. The molecule has 1 aromatic carbocycles. The lowest BCUT2D eigenvalue weighted by Crippen LogP contribution is -2.39. The smallest absolute Gasteiger partial charge is 0.269 e. The topological polar surface area (TPSA) is 110 Å². The van der Waals surface area contributed by atoms with Crippen LogP contribution in [0.1, 0.15) is 18.4 Å². The van der Waals surface area contributed by atoms with Gasteiger partial charge in [0.15, 0.2) is 11.5 Å². The first-order valence-electron chi connectivity index (χ1n) is 11.8. The molecule has 0 atom stereocenters. The number of rotatable bonds is 6. The summed E-state index contributed by atoms with van der Waals surface area (Å²) in [4.78, 5) is 26.1. The Morgan fingerprint density at radius 3 is 2.43 bits per heavy atom. The van der Waals surface area contributed by atoms with Gasteiger partial charge in [0.05, 0.1) is 10.3 Å². The standard InChI is InChI=1S/C25H24BClN6O3S/c1-16-2-4-19(5-3-16)37(35,36)33-15-20(18-6-10-28-11-7-18)21-22(30-25(27)31-23(21)33)29-14-17-8-12-32(13-9-17)24(26)34/h2-7,10-11,15,17H,8-9,12-14H2,1H3,(H,29,30,31). The molecular weight excluding hydrogens is 511 g/mol. The molecule has 12 heteroatoms. The molecule has 4 heterocycles. The first-order chi connectivity index (χ1) is 17.7. The van der Waals surface area contributed by atoms with E-state index in [0.717, 1.165) is 27.9 Å². The highest BCUT2D eigenvalue weighted by molar-refractivity contribution is 7.90. The van der Waals surface area contributed by atoms with Gasteiger partial charge in [0.1, 0.15) is 5.82 Å². The highest BCUT2D eigenvalue weighted by Crippen LogP contribution is 2.37. The molecule has 9 nitrogen and oxygen atoms in total. The van der Waals surface area contributed by atoms with E-state index < -0.39 is 15.8 Å². The van der Waals surface area contributed by atoms with Crippen LogP contribution in [-0.2, 0) is 10.0 Å². The molecule has 5 rings (SSSR count). The lowest BCUT2D eigenvalue weighted by atomic mass is 9.95. The van der Waals surface area contributed by atoms with E-state index in [1.807, 2.05) is 6.92 Å². The molecule has 0 saturated carbocycles. The monoisotopic (exact) mass is 534 g/mol. The lowest BCUT2D eigenvalue weighted by molar-refractivity contribution is 0.194. The van der Waals surface area contributed by atoms with Crippen LogP contribution in [0, 0.1) is 12.8 Å². The summed E-state index contributed by atoms with van der Waals surface area (Å²) in [5.41, 5.74) is 2.53. The number of hydrogen-bond donors (Lipinski definition) is 1. The van der Waals surface area contributed by atoms with Crippen LogP contribution >= 0.6 is 11.6 Å². The quantitative estimate of drug-likeness (QED) is 0.293. The van der Waals surface area contributed by atoms with Crippen molar-refractivity contribution in [1.82, 2.24) is 23.8 Å². The van der Waals surface area contributed by atoms with Crippen LogP contribution in [0.3, 0.4) is 0 Å². The highest BCUT2D eigenvalue weighted by Gasteiger charge is 2.27. The number of piperidine rings is 1. The predicted molar refractivity (Wildman–Crippen MR) is 143 cm³/mol. The van der Waals surface area contributed by atoms with E-state index in [1.54, 1.807) is 59.9 Å². The Morgan fingerprint density at radius 2 is 1.78 bits per heavy atom. The molecule has 1 N–H and O–H groups in total. The lowest BCUT2D eigenvalue weighted by Gasteiger charge is -2.31. The highest BCUT2D eigenvalue weighted by atomic mass is 35.5. The zero-order valence-electron chi connectivity index (χ0n) is 20.1. The van der Waals surface area contributed by atoms with Crippen molar-refractivity contribution in [3.63, 3.8) is 0 Å². The Morgan fingerprint density at radius 1 is 1.11 bits per heavy atom. The normalized spacial score (nSPS) is 14.7. The summed E-state index contributed by atoms with van der Waals surface area (Å²) in [5, 5.41) is 3.84. The Labute approximate surface area is 221 Å². The van der Waals surface area contributed by atoms with E-state index in [0.29, 0.717) is 36.4 Å². The second-order valence-corrected chi connectivity index (χ2v) is 11.2. The van der Waals surface area contributed by atoms with Crippen LogP contribution in [0.2, 0.25) is 5.28 Å². The van der Waals surface area contributed by atoms with E-state index in [9.17, 15) is 13.2 Å². The molecular formula is C25H24BClN6O3S. The van der Waals surface area contributed by atoms with Gasteiger partial charge < -0.3 is 10.2 Å². The van der Waals surface area contributed by atoms with Crippen molar-refractivity contribution in [2.45, 2.75) is 24.7 Å². The summed E-state index contributed by atoms with van der Waals surface area (Å²) in [6.07, 6.45) is 6.42. The number of aromatic nitrogens is 4. The largest absolute Gasteiger partial charge is 0.369 e. The van der Waals surface area contributed by atoms with Crippen LogP contribution in [0.5, 0.6) is 0 Å². The molecule has 2 radical (unpaired) electrons. The summed E-state index contributed by atoms with van der Waals surface area (Å²) in [5.74, 6) is 0.313. The van der Waals surface area contributed by atoms with Gasteiger partial charge in [-0.2, -0.15) is 4.98 Å². The van der Waals surface area contributed by atoms with E-state index in [-0.39, 0.29) is 21.7 Å². The summed E-state index contributed by atoms with van der Waals surface area (Å²) in [6.45, 7) is 3.65. The molecule has 0 spiro atoms. The van der Waals surface area contributed by atoms with Gasteiger partial charge in [0, 0.05) is 43.8 Å². The first-order valence-corrected chi connectivity index (χ1v) is 13.7. The number of anilines is 1. The van der Waals surface area contributed by atoms with Crippen molar-refractivity contribution in [3.05, 3.63) is 65.8 Å². The van der Waals surface area contributed by atoms with E-state index in [1.165, 1.54) is 0 Å². The maximum atomic E-state index is 13.7. The third-order valence-electron chi connectivity index (χ3n) is 6.64. The number of pyridine rings is 1. The number of nitrogens with one attached hydrogen (secondary N) is 1. The molecule has 1 fully saturated rings. The summed E-state index contributed by atoms with van der Waals surface area (Å²) < 4.78 is 28.6. The predicted octanol–water partition coefficient (Wildman–Crippen LogP) is 4.10. The van der Waals surface area contributed by atoms with Crippen molar-refractivity contribution in [1.29, 1.82) is 0 Å². The van der Waals surface area contributed by atoms with Gasteiger partial charge in [-0.25, -0.2) is 17.4 Å². The van der Waals surface area contributed by atoms with Gasteiger partial charge in [0.25, 0.3) is 10.0 Å². The molecule has 37 heavy (non-hydrogen) atoms. The van der Waals surface area contributed by atoms with Crippen LogP contribution in [0.4, 0.5) is 10.6 Å². The number of carbonyl (C=O) groups is 1. The molecule has 3 aromatic heterocycles. The fourth-order valence-electron chi connectivity index (χ4n) is 4.56. The fourth-order valence-corrected chi connectivity index (χ4v) is 6.03. The van der Waals surface area contributed by atoms with Crippen molar-refractivity contribution < 1.29 is 13.2 Å². The second kappa shape index (κ2) is 10.1. The van der Waals surface area contributed by atoms with Crippen LogP contribution < -0.4 is 5.32 Å². The maximum Gasteiger partial charge on any atom is 0.269 e. The number of carbonyl (C=O) groups excluding carboxylic acids is 1. The van der Waals surface area contributed by atoms with Crippen LogP contribution in [0.25, 0.3) is 22.2 Å². The van der Waals surface area contributed by atoms with Crippen LogP contribution in [-0.4, -0.2) is 65.5 Å². The Hall–Kier alpha value is -3.44. The minimum absolute atomic E-state index is 0.0710. The van der Waals surface area contributed by atoms with Gasteiger partial charge >= 0.3 is 0 Å². The summed E-state index contributed by atoms with van der Waals surface area (Å²) >= 11 is 6.31. The molecule has 4 aromatic rings. The molecule has 1 aliphatic heterocycles. The Bertz CT molecular complexity index is 1550. The molecule has 1 saturated heterocycles. The van der Waals surface area contributed by atoms with Gasteiger partial charge in [-0.05, 0) is 67.1 Å². The van der Waals surface area contributed by atoms with Crippen molar-refractivity contribution >= 4 is 52.1 Å². The SMILES string of the molecule is [B]C(=O)N1CCC(CNc2nc(Cl)nc3c2c(-c2ccncc2)cn3S(=O)(=O)c2ccc(C)cc2)CC1. The molecule has 0 aliphatic carbocycles. The number of hydrogen-bond acceptors (Lipinski definition) is 7. The number of fused-ring (bicyclic) bond motifs is 1. The minimum Gasteiger partial charge on any atom is -0.369 e. The van der Waals surface area contributed by atoms with Gasteiger partial charge in [-0.3, -0.25) is 9.78 Å². The Kier molecular flexibility index (Phi) is 6.91. The van der Waals surface area contributed by atoms with E-state index in [2.05, 4.69) is 20.3 Å². The van der Waals surface area contributed by atoms with Crippen molar-refractivity contribution in [2.24, 2.45) is 5.92 Å². The zero-order valence-corrected chi connectivity index (χ0v) is 21.7. The molecule has 0 unspecified atom stereocenters. The third kappa shape index (κ3) is 5.06. The third-order valence-corrected chi connectivity index (χ3v) is 8.47. The molecule has 188 valence electrons. The minimum atomic E-state index is -3.98. The van der Waals surface area contributed by atoms with Gasteiger partial charge in [0.2, 0.25) is 13.1 Å². The number of aryl methyl sites for hydroxylation is 1.